The van der Waals surface area contributed by atoms with E-state index in [4.69, 9.17) is 11.6 Å². The molecule has 5 nitrogen and oxygen atoms in total. The Morgan fingerprint density at radius 1 is 1.18 bits per heavy atom. The maximum Gasteiger partial charge on any atom is 0.573 e. The van der Waals surface area contributed by atoms with Crippen LogP contribution in [0.4, 0.5) is 17.6 Å². The molecule has 0 atom stereocenters. The number of aryl methyl sites for hydroxylation is 1. The summed E-state index contributed by atoms with van der Waals surface area (Å²) >= 11 is 5.86. The minimum absolute atomic E-state index is 0.00532. The van der Waals surface area contributed by atoms with E-state index in [9.17, 15) is 22.7 Å². The van der Waals surface area contributed by atoms with Gasteiger partial charge in [0.05, 0.1) is 7.05 Å². The van der Waals surface area contributed by atoms with E-state index in [0.29, 0.717) is 10.7 Å². The minimum Gasteiger partial charge on any atom is -0.856 e. The predicted octanol–water partition coefficient (Wildman–Crippen LogP) is 3.24. The summed E-state index contributed by atoms with van der Waals surface area (Å²) in [7, 11) is 1.66. The molecule has 0 spiro atoms. The average Bonchev–Trinajstić information content (AvgIpc) is 2.91. The van der Waals surface area contributed by atoms with Crippen LogP contribution in [0.5, 0.6) is 5.75 Å². The Morgan fingerprint density at radius 2 is 1.86 bits per heavy atom. The van der Waals surface area contributed by atoms with Crippen LogP contribution in [0.2, 0.25) is 5.15 Å². The van der Waals surface area contributed by atoms with E-state index in [1.54, 1.807) is 7.05 Å². The van der Waals surface area contributed by atoms with E-state index >= 15 is 0 Å². The molecule has 3 aromatic rings. The van der Waals surface area contributed by atoms with Crippen LogP contribution in [0.3, 0.4) is 0 Å². The van der Waals surface area contributed by atoms with Crippen molar-refractivity contribution in [1.82, 2.24) is 4.68 Å². The van der Waals surface area contributed by atoms with Crippen molar-refractivity contribution in [3.63, 3.8) is 0 Å². The largest absolute Gasteiger partial charge is 0.856 e. The molecule has 3 rings (SSSR count). The van der Waals surface area contributed by atoms with Crippen LogP contribution in [-0.2, 0) is 7.05 Å². The summed E-state index contributed by atoms with van der Waals surface area (Å²) in [6, 6.07) is 8.45. The van der Waals surface area contributed by atoms with Crippen molar-refractivity contribution in [3.8, 4) is 16.9 Å². The lowest BCUT2D eigenvalue weighted by Crippen LogP contribution is -2.26. The highest BCUT2D eigenvalue weighted by molar-refractivity contribution is 6.28. The molecule has 0 aliphatic carbocycles. The lowest BCUT2D eigenvalue weighted by molar-refractivity contribution is -0.668. The van der Waals surface area contributed by atoms with Crippen LogP contribution in [0, 0.1) is 5.82 Å². The summed E-state index contributed by atoms with van der Waals surface area (Å²) in [4.78, 5) is 0. The second-order valence-corrected chi connectivity index (χ2v) is 6.12. The molecule has 0 fully saturated rings. The highest BCUT2D eigenvalue weighted by Crippen LogP contribution is 2.28. The van der Waals surface area contributed by atoms with Gasteiger partial charge in [-0.25, -0.2) is 8.96 Å². The van der Waals surface area contributed by atoms with Gasteiger partial charge in [-0.3, -0.25) is 0 Å². The molecule has 0 bridgehead atoms. The Bertz CT molecular complexity index is 1010. The van der Waals surface area contributed by atoms with E-state index < -0.39 is 23.8 Å². The number of benzene rings is 2. The first-order chi connectivity index (χ1) is 13.1. The second kappa shape index (κ2) is 7.51. The molecule has 1 heterocycles. The van der Waals surface area contributed by atoms with Crippen LogP contribution < -0.4 is 14.4 Å². The van der Waals surface area contributed by atoms with E-state index in [0.717, 1.165) is 18.2 Å². The molecule has 0 saturated heterocycles. The lowest BCUT2D eigenvalue weighted by atomic mass is 10.0. The van der Waals surface area contributed by atoms with E-state index in [1.165, 1.54) is 46.0 Å². The van der Waals surface area contributed by atoms with Crippen LogP contribution >= 0.6 is 11.6 Å². The molecule has 0 unspecified atom stereocenters. The summed E-state index contributed by atoms with van der Waals surface area (Å²) in [5, 5.41) is 16.3. The Labute approximate surface area is 161 Å². The quantitative estimate of drug-likeness (QED) is 0.285. The van der Waals surface area contributed by atoms with Crippen LogP contribution in [0.1, 0.15) is 5.56 Å². The molecule has 1 aromatic heterocycles. The molecule has 0 N–H and O–H groups in total. The zero-order valence-corrected chi connectivity index (χ0v) is 15.0. The smallest absolute Gasteiger partial charge is 0.573 e. The summed E-state index contributed by atoms with van der Waals surface area (Å²) in [6.07, 6.45) is -1.93. The fourth-order valence-electron chi connectivity index (χ4n) is 2.40. The van der Waals surface area contributed by atoms with Gasteiger partial charge in [0.25, 0.3) is 6.33 Å². The van der Waals surface area contributed by atoms with Gasteiger partial charge in [0, 0.05) is 11.5 Å². The summed E-state index contributed by atoms with van der Waals surface area (Å²) in [6.45, 7) is 0. The molecule has 146 valence electrons. The number of nitrogens with zero attached hydrogens (tertiary/aromatic N) is 3. The van der Waals surface area contributed by atoms with Gasteiger partial charge in [-0.2, -0.15) is 0 Å². The fraction of sp³-hybridized carbons (Fsp3) is 0.111. The molecule has 2 aromatic carbocycles. The number of halogens is 5. The topological polar surface area (TPSA) is 53.5 Å². The zero-order chi connectivity index (χ0) is 20.5. The van der Waals surface area contributed by atoms with Crippen LogP contribution in [0.25, 0.3) is 11.1 Å². The molecule has 0 aliphatic heterocycles. The summed E-state index contributed by atoms with van der Waals surface area (Å²) in [5.41, 5.74) is 0.448. The SMILES string of the molecule is C[n+]1cn(N=C([O-])c2ccc(-c3ccc(OC(F)(F)F)cc3)c(F)c2)cc1Cl. The maximum atomic E-state index is 14.4. The van der Waals surface area contributed by atoms with E-state index in [2.05, 4.69) is 9.84 Å². The predicted molar refractivity (Wildman–Crippen MR) is 91.1 cm³/mol. The molecular weight excluding hydrogens is 402 g/mol. The first-order valence-corrected chi connectivity index (χ1v) is 8.15. The van der Waals surface area contributed by atoms with Crippen molar-refractivity contribution in [3.05, 3.63) is 71.5 Å². The normalized spacial score (nSPS) is 12.3. The first-order valence-electron chi connectivity index (χ1n) is 7.77. The molecule has 0 aliphatic rings. The Hall–Kier alpha value is -3.07. The fourth-order valence-corrected chi connectivity index (χ4v) is 2.55. The number of aromatic nitrogens is 2. The highest BCUT2D eigenvalue weighted by atomic mass is 35.5. The number of rotatable bonds is 4. The van der Waals surface area contributed by atoms with Gasteiger partial charge in [-0.1, -0.05) is 29.4 Å². The average molecular weight is 414 g/mol. The third-order valence-electron chi connectivity index (χ3n) is 3.69. The number of hydrogen-bond acceptors (Lipinski definition) is 3. The second-order valence-electron chi connectivity index (χ2n) is 5.73. The monoisotopic (exact) mass is 413 g/mol. The number of ether oxygens (including phenoxy) is 1. The van der Waals surface area contributed by atoms with E-state index in [1.807, 2.05) is 0 Å². The van der Waals surface area contributed by atoms with Crippen molar-refractivity contribution < 1.29 is 32.0 Å². The number of hydrogen-bond donors (Lipinski definition) is 0. The molecular formula is C18H12ClF4N3O2. The minimum atomic E-state index is -4.81. The Kier molecular flexibility index (Phi) is 5.28. The van der Waals surface area contributed by atoms with Crippen molar-refractivity contribution in [2.24, 2.45) is 12.1 Å². The van der Waals surface area contributed by atoms with Crippen LogP contribution in [0.15, 0.2) is 60.1 Å². The van der Waals surface area contributed by atoms with Gasteiger partial charge in [0.2, 0.25) is 5.15 Å². The molecule has 28 heavy (non-hydrogen) atoms. The lowest BCUT2D eigenvalue weighted by Gasteiger charge is -2.12. The first kappa shape index (κ1) is 19.7. The van der Waals surface area contributed by atoms with Crippen molar-refractivity contribution in [2.45, 2.75) is 6.36 Å². The van der Waals surface area contributed by atoms with Gasteiger partial charge < -0.3 is 9.84 Å². The summed E-state index contributed by atoms with van der Waals surface area (Å²) < 4.78 is 57.5. The van der Waals surface area contributed by atoms with Gasteiger partial charge >= 0.3 is 6.36 Å². The zero-order valence-electron chi connectivity index (χ0n) is 14.2. The Balaban J connectivity index is 1.84. The van der Waals surface area contributed by atoms with Crippen LogP contribution in [-0.4, -0.2) is 16.9 Å². The number of imidazole rings is 1. The van der Waals surface area contributed by atoms with Gasteiger partial charge in [-0.05, 0) is 40.9 Å². The Morgan fingerprint density at radius 3 is 2.39 bits per heavy atom. The maximum absolute atomic E-state index is 14.4. The molecule has 0 amide bonds. The third-order valence-corrected chi connectivity index (χ3v) is 4.05. The molecule has 10 heteroatoms. The molecule has 0 radical (unpaired) electrons. The number of alkyl halides is 3. The van der Waals surface area contributed by atoms with Crippen molar-refractivity contribution >= 4 is 17.5 Å². The standard InChI is InChI=1S/C18H12ClF4N3O2/c1-25-10-26(9-16(25)19)24-17(27)12-4-7-14(15(20)8-12)11-2-5-13(6-3-11)28-18(21,22)23/h2-10H,1H3. The van der Waals surface area contributed by atoms with Gasteiger partial charge in [0.1, 0.15) is 11.6 Å². The van der Waals surface area contributed by atoms with Gasteiger partial charge in [0.15, 0.2) is 6.20 Å². The van der Waals surface area contributed by atoms with Crippen molar-refractivity contribution in [1.29, 1.82) is 0 Å². The molecule has 0 saturated carbocycles. The van der Waals surface area contributed by atoms with E-state index in [-0.39, 0.29) is 11.1 Å². The summed E-state index contributed by atoms with van der Waals surface area (Å²) in [5.74, 6) is -1.82. The van der Waals surface area contributed by atoms with Gasteiger partial charge in [-0.15, -0.1) is 17.8 Å². The highest BCUT2D eigenvalue weighted by Gasteiger charge is 2.31. The third kappa shape index (κ3) is 4.61. The van der Waals surface area contributed by atoms with Crippen molar-refractivity contribution in [2.75, 3.05) is 0 Å².